The van der Waals surface area contributed by atoms with Crippen LogP contribution >= 0.6 is 0 Å². The predicted molar refractivity (Wildman–Crippen MR) is 215 cm³/mol. The molecule has 356 valence electrons. The van der Waals surface area contributed by atoms with E-state index in [1.807, 2.05) is 0 Å². The highest BCUT2D eigenvalue weighted by Gasteiger charge is 2.64. The minimum atomic E-state index is -1.67. The molecule has 62 heavy (non-hydrogen) atoms. The third-order valence-corrected chi connectivity index (χ3v) is 17.7. The number of aliphatic hydroxyl groups excluding tert-OH is 9. The number of carbonyl (C=O) groups excluding carboxylic acids is 1. The van der Waals surface area contributed by atoms with Crippen LogP contribution in [0.4, 0.5) is 0 Å². The Labute approximate surface area is 364 Å². The molecule has 0 aromatic rings. The van der Waals surface area contributed by atoms with Crippen LogP contribution in [0.5, 0.6) is 0 Å². The van der Waals surface area contributed by atoms with Gasteiger partial charge in [0.15, 0.2) is 25.2 Å². The highest BCUT2D eigenvalue weighted by Crippen LogP contribution is 2.68. The lowest BCUT2D eigenvalue weighted by atomic mass is 9.44. The number of aliphatic hydroxyl groups is 9. The van der Waals surface area contributed by atoms with Crippen molar-refractivity contribution in [2.24, 2.45) is 52.3 Å². The predicted octanol–water partition coefficient (Wildman–Crippen LogP) is 0.483. The topological polar surface area (TPSA) is 264 Å². The van der Waals surface area contributed by atoms with Crippen LogP contribution in [0.2, 0.25) is 0 Å². The molecule has 17 heteroatoms. The van der Waals surface area contributed by atoms with E-state index in [9.17, 15) is 50.8 Å². The van der Waals surface area contributed by atoms with Gasteiger partial charge in [-0.05, 0) is 112 Å². The molecule has 4 saturated carbocycles. The Bertz CT molecular complexity index is 1560. The summed E-state index contributed by atoms with van der Waals surface area (Å²) in [5, 5.41) is 94.4. The molecule has 17 nitrogen and oxygen atoms in total. The summed E-state index contributed by atoms with van der Waals surface area (Å²) in [4.78, 5) is 14.4. The molecule has 1 unspecified atom stereocenters. The van der Waals surface area contributed by atoms with Gasteiger partial charge in [0.1, 0.15) is 66.8 Å². The Kier molecular flexibility index (Phi) is 14.0. The second-order valence-electron chi connectivity index (χ2n) is 21.1. The summed E-state index contributed by atoms with van der Waals surface area (Å²) in [7, 11) is 0. The number of ether oxygens (including phenoxy) is 7. The highest BCUT2D eigenvalue weighted by molar-refractivity contribution is 5.83. The molecule has 27 atom stereocenters. The molecule has 0 aromatic heterocycles. The van der Waals surface area contributed by atoms with Crippen molar-refractivity contribution in [1.29, 1.82) is 0 Å². The summed E-state index contributed by atoms with van der Waals surface area (Å²) in [6.07, 6.45) is -13.0. The van der Waals surface area contributed by atoms with Gasteiger partial charge in [0, 0.05) is 18.3 Å². The first-order valence-corrected chi connectivity index (χ1v) is 23.4. The molecule has 0 amide bonds. The molecule has 9 N–H and O–H groups in total. The zero-order valence-corrected chi connectivity index (χ0v) is 37.0. The number of Topliss-reactive ketones (excluding diaryl/α,β-unsaturated/α-hetero) is 1. The summed E-state index contributed by atoms with van der Waals surface area (Å²) in [6, 6.07) is 0. The zero-order valence-electron chi connectivity index (χ0n) is 37.0. The molecule has 0 spiro atoms. The number of carbonyl (C=O) groups is 1. The summed E-state index contributed by atoms with van der Waals surface area (Å²) in [5.41, 5.74) is -0.222. The fourth-order valence-electron chi connectivity index (χ4n) is 13.8. The van der Waals surface area contributed by atoms with E-state index in [-0.39, 0.29) is 46.4 Å². The lowest BCUT2D eigenvalue weighted by Gasteiger charge is -2.61. The van der Waals surface area contributed by atoms with E-state index in [4.69, 9.17) is 33.2 Å². The van der Waals surface area contributed by atoms with Crippen LogP contribution in [0, 0.1) is 52.3 Å². The first-order valence-electron chi connectivity index (χ1n) is 23.4. The van der Waals surface area contributed by atoms with Crippen LogP contribution in [0.15, 0.2) is 0 Å². The van der Waals surface area contributed by atoms with Crippen molar-refractivity contribution in [3.8, 4) is 0 Å². The molecule has 4 heterocycles. The van der Waals surface area contributed by atoms with Crippen molar-refractivity contribution in [2.45, 2.75) is 216 Å². The average molecular weight is 887 g/mol. The molecule has 8 aliphatic rings. The summed E-state index contributed by atoms with van der Waals surface area (Å²) >= 11 is 0. The van der Waals surface area contributed by atoms with Crippen molar-refractivity contribution in [2.75, 3.05) is 6.61 Å². The van der Waals surface area contributed by atoms with E-state index in [0.717, 1.165) is 44.9 Å². The molecule has 4 saturated heterocycles. The van der Waals surface area contributed by atoms with E-state index < -0.39 is 111 Å². The Balaban J connectivity index is 0.917. The molecule has 0 aromatic carbocycles. The molecule has 0 radical (unpaired) electrons. The lowest BCUT2D eigenvalue weighted by molar-refractivity contribution is -0.370. The third kappa shape index (κ3) is 8.27. The molecular weight excluding hydrogens is 812 g/mol. The lowest BCUT2D eigenvalue weighted by Crippen LogP contribution is -2.64. The second-order valence-corrected chi connectivity index (χ2v) is 21.1. The first-order chi connectivity index (χ1) is 29.3. The van der Waals surface area contributed by atoms with Crippen molar-refractivity contribution in [1.82, 2.24) is 0 Å². The standard InChI is InChI=1S/C45H74O17/c1-18-7-10-29(59-40(18)62-42-38(55)35(52)32(49)21(4)57-42)19(2)24-8-9-25-23-16-28(47)27-15-22(11-13-45(27,6)26(23)12-14-44(24,25)5)58-43-39(36(53)33(50)30(17-46)60-43)61-41-37(54)34(51)31(48)20(3)56-41/h18-27,29-43,46,48-55H,7-17H2,1-6H3/t18-,19-,20-,21-,22+,23+,24?,25+,26+,27-,29+,30+,31-,32-,33+,34+,35+,36-,37+,38+,39+,40+,41-,42-,43+,44+,45+/m0/s1. The van der Waals surface area contributed by atoms with Crippen LogP contribution in [0.25, 0.3) is 0 Å². The maximum Gasteiger partial charge on any atom is 0.189 e. The summed E-state index contributed by atoms with van der Waals surface area (Å²) in [6.45, 7) is 11.6. The quantitative estimate of drug-likeness (QED) is 0.143. The first kappa shape index (κ1) is 47.5. The van der Waals surface area contributed by atoms with E-state index in [1.165, 1.54) is 6.92 Å². The second kappa shape index (κ2) is 18.3. The van der Waals surface area contributed by atoms with Crippen molar-refractivity contribution in [3.05, 3.63) is 0 Å². The maximum atomic E-state index is 14.4. The van der Waals surface area contributed by atoms with Gasteiger partial charge in [0.05, 0.1) is 31.0 Å². The van der Waals surface area contributed by atoms with Crippen molar-refractivity contribution in [3.63, 3.8) is 0 Å². The SMILES string of the molecule is C[C@@H]1O[C@@H](O[C@H]2O[C@@H]([C@@H](C)C3CC[C@@H]4[C@H]5CC(=O)[C@@H]6C[C@H](O[C@@H]7O[C@H](CO)[C@@H](O)[C@H](O)[C@H]7O[C@@H]7O[C@@H](C)[C@H](O)[C@@H](O)[C@H]7O)CC[C@]6(C)[C@@H]5CC[C@]34C)CC[C@@H]2C)[C@H](O)[C@H](O)[C@H]1O. The van der Waals surface area contributed by atoms with Gasteiger partial charge in [-0.25, -0.2) is 0 Å². The number of rotatable bonds is 9. The zero-order chi connectivity index (χ0) is 44.7. The molecule has 8 rings (SSSR count). The normalized spacial score (nSPS) is 56.4. The Morgan fingerprint density at radius 2 is 1.24 bits per heavy atom. The molecule has 0 bridgehead atoms. The van der Waals surface area contributed by atoms with E-state index in [1.54, 1.807) is 6.92 Å². The smallest absolute Gasteiger partial charge is 0.189 e. The van der Waals surface area contributed by atoms with Crippen LogP contribution in [0.1, 0.15) is 106 Å². The Hall–Kier alpha value is -0.970. The van der Waals surface area contributed by atoms with Crippen molar-refractivity contribution < 1.29 is 83.9 Å². The minimum Gasteiger partial charge on any atom is -0.394 e. The van der Waals surface area contributed by atoms with Crippen LogP contribution in [-0.4, -0.2) is 169 Å². The monoisotopic (exact) mass is 886 g/mol. The van der Waals surface area contributed by atoms with E-state index in [2.05, 4.69) is 27.7 Å². The van der Waals surface area contributed by atoms with Gasteiger partial charge in [-0.15, -0.1) is 0 Å². The average Bonchev–Trinajstić information content (AvgIpc) is 3.60. The summed E-state index contributed by atoms with van der Waals surface area (Å²) < 4.78 is 42.7. The van der Waals surface area contributed by atoms with Gasteiger partial charge < -0.3 is 79.1 Å². The minimum absolute atomic E-state index is 0.0229. The van der Waals surface area contributed by atoms with Gasteiger partial charge in [-0.3, -0.25) is 4.79 Å². The Morgan fingerprint density at radius 1 is 0.629 bits per heavy atom. The summed E-state index contributed by atoms with van der Waals surface area (Å²) in [5.74, 6) is 1.60. The van der Waals surface area contributed by atoms with Crippen molar-refractivity contribution >= 4 is 5.78 Å². The van der Waals surface area contributed by atoms with E-state index in [0.29, 0.717) is 37.0 Å². The fourth-order valence-corrected chi connectivity index (χ4v) is 13.8. The van der Waals surface area contributed by atoms with Gasteiger partial charge in [-0.1, -0.05) is 27.7 Å². The Morgan fingerprint density at radius 3 is 1.89 bits per heavy atom. The molecule has 4 aliphatic heterocycles. The molecule has 8 fully saturated rings. The third-order valence-electron chi connectivity index (χ3n) is 17.7. The largest absolute Gasteiger partial charge is 0.394 e. The number of fused-ring (bicyclic) bond motifs is 5. The van der Waals surface area contributed by atoms with Gasteiger partial charge in [0.25, 0.3) is 0 Å². The van der Waals surface area contributed by atoms with Crippen LogP contribution < -0.4 is 0 Å². The molecular formula is C45H74O17. The maximum absolute atomic E-state index is 14.4. The van der Waals surface area contributed by atoms with E-state index >= 15 is 0 Å². The molecule has 4 aliphatic carbocycles. The highest BCUT2D eigenvalue weighted by atomic mass is 16.8. The van der Waals surface area contributed by atoms with Gasteiger partial charge in [0.2, 0.25) is 0 Å². The van der Waals surface area contributed by atoms with Gasteiger partial charge >= 0.3 is 0 Å². The number of hydrogen-bond acceptors (Lipinski definition) is 17. The van der Waals surface area contributed by atoms with Gasteiger partial charge in [-0.2, -0.15) is 0 Å². The number of ketones is 1. The van der Waals surface area contributed by atoms with Crippen LogP contribution in [0.3, 0.4) is 0 Å². The number of hydrogen-bond donors (Lipinski definition) is 9. The fraction of sp³-hybridized carbons (Fsp3) is 0.978. The van der Waals surface area contributed by atoms with Crippen LogP contribution in [-0.2, 0) is 38.0 Å².